The maximum Gasteiger partial charge on any atom is 0.305 e. The lowest BCUT2D eigenvalue weighted by Crippen LogP contribution is -2.47. The van der Waals surface area contributed by atoms with Crippen LogP contribution in [0, 0.1) is 6.92 Å². The van der Waals surface area contributed by atoms with Gasteiger partial charge in [0.15, 0.2) is 0 Å². The van der Waals surface area contributed by atoms with Gasteiger partial charge >= 0.3 is 5.97 Å². The topological polar surface area (TPSA) is 79.7 Å². The average Bonchev–Trinajstić information content (AvgIpc) is 3.05. The zero-order chi connectivity index (χ0) is 18.5. The van der Waals surface area contributed by atoms with E-state index >= 15 is 0 Å². The fourth-order valence-corrected chi connectivity index (χ4v) is 4.47. The lowest BCUT2D eigenvalue weighted by Gasteiger charge is -2.34. The van der Waals surface area contributed by atoms with E-state index in [0.717, 1.165) is 16.5 Å². The molecular formula is C18H20N2O4S2. The van der Waals surface area contributed by atoms with Crippen molar-refractivity contribution in [3.63, 3.8) is 0 Å². The monoisotopic (exact) mass is 392 g/mol. The molecule has 1 N–H and O–H groups in total. The van der Waals surface area contributed by atoms with Crippen molar-refractivity contribution in [1.29, 1.82) is 0 Å². The number of nitrogens with zero attached hydrogens (tertiary/aromatic N) is 2. The van der Waals surface area contributed by atoms with Crippen LogP contribution >= 0.6 is 23.1 Å². The van der Waals surface area contributed by atoms with Crippen molar-refractivity contribution >= 4 is 35.0 Å². The van der Waals surface area contributed by atoms with E-state index in [4.69, 9.17) is 9.84 Å². The van der Waals surface area contributed by atoms with Gasteiger partial charge in [-0.05, 0) is 25.1 Å². The highest BCUT2D eigenvalue weighted by Gasteiger charge is 2.29. The summed E-state index contributed by atoms with van der Waals surface area (Å²) in [6, 6.07) is 6.75. The van der Waals surface area contributed by atoms with Gasteiger partial charge in [-0.2, -0.15) is 11.8 Å². The highest BCUT2D eigenvalue weighted by atomic mass is 32.2. The minimum absolute atomic E-state index is 0.0297. The number of carbonyl (C=O) groups excluding carboxylic acids is 1. The van der Waals surface area contributed by atoms with Crippen LogP contribution in [0.4, 0.5) is 0 Å². The summed E-state index contributed by atoms with van der Waals surface area (Å²) in [5.74, 6) is 1.04. The molecule has 2 heterocycles. The summed E-state index contributed by atoms with van der Waals surface area (Å²) in [6.45, 7) is 2.85. The van der Waals surface area contributed by atoms with Gasteiger partial charge in [0, 0.05) is 29.0 Å². The lowest BCUT2D eigenvalue weighted by molar-refractivity contribution is -0.138. The highest BCUT2D eigenvalue weighted by Crippen LogP contribution is 2.23. The van der Waals surface area contributed by atoms with Gasteiger partial charge in [-0.3, -0.25) is 9.59 Å². The Balaban J connectivity index is 1.69. The summed E-state index contributed by atoms with van der Waals surface area (Å²) in [4.78, 5) is 30.0. The quantitative estimate of drug-likeness (QED) is 0.814. The minimum Gasteiger partial charge on any atom is -0.487 e. The van der Waals surface area contributed by atoms with Crippen LogP contribution in [0.2, 0.25) is 0 Å². The van der Waals surface area contributed by atoms with Gasteiger partial charge in [0.25, 0.3) is 5.91 Å². The molecule has 1 aliphatic rings. The molecule has 0 bridgehead atoms. The van der Waals surface area contributed by atoms with Crippen molar-refractivity contribution < 1.29 is 19.4 Å². The first-order valence-electron chi connectivity index (χ1n) is 8.27. The van der Waals surface area contributed by atoms with Gasteiger partial charge in [0.05, 0.1) is 23.2 Å². The molecule has 0 saturated carbocycles. The zero-order valence-electron chi connectivity index (χ0n) is 14.4. The van der Waals surface area contributed by atoms with Crippen molar-refractivity contribution in [2.24, 2.45) is 0 Å². The second-order valence-electron chi connectivity index (χ2n) is 6.00. The van der Waals surface area contributed by atoms with Crippen molar-refractivity contribution in [3.05, 3.63) is 45.9 Å². The molecule has 6 nitrogen and oxygen atoms in total. The third-order valence-electron chi connectivity index (χ3n) is 4.03. The third kappa shape index (κ3) is 4.76. The zero-order valence-corrected chi connectivity index (χ0v) is 16.0. The average molecular weight is 393 g/mol. The molecule has 8 heteroatoms. The number of hydrogen-bond acceptors (Lipinski definition) is 6. The number of thioether (sulfide) groups is 1. The maximum absolute atomic E-state index is 12.9. The summed E-state index contributed by atoms with van der Waals surface area (Å²) in [5.41, 5.74) is 1.37. The Labute approximate surface area is 160 Å². The Morgan fingerprint density at radius 2 is 2.27 bits per heavy atom. The number of amides is 1. The van der Waals surface area contributed by atoms with E-state index < -0.39 is 5.97 Å². The number of rotatable bonds is 6. The van der Waals surface area contributed by atoms with Crippen molar-refractivity contribution in [1.82, 2.24) is 9.88 Å². The van der Waals surface area contributed by atoms with Crippen molar-refractivity contribution in [2.45, 2.75) is 26.0 Å². The van der Waals surface area contributed by atoms with Crippen molar-refractivity contribution in [2.75, 3.05) is 18.1 Å². The minimum atomic E-state index is -0.883. The second-order valence-corrected chi connectivity index (χ2v) is 8.21. The van der Waals surface area contributed by atoms with Gasteiger partial charge < -0.3 is 14.7 Å². The Hall–Kier alpha value is -2.06. The smallest absolute Gasteiger partial charge is 0.305 e. The maximum atomic E-state index is 12.9. The number of aryl methyl sites for hydroxylation is 1. The molecule has 0 spiro atoms. The molecular weight excluding hydrogens is 372 g/mol. The molecule has 1 atom stereocenters. The van der Waals surface area contributed by atoms with E-state index in [0.29, 0.717) is 30.2 Å². The Morgan fingerprint density at radius 3 is 3.00 bits per heavy atom. The normalized spacial score (nSPS) is 17.1. The second kappa shape index (κ2) is 8.55. The summed E-state index contributed by atoms with van der Waals surface area (Å²) in [6.07, 6.45) is -0.0297. The van der Waals surface area contributed by atoms with Gasteiger partial charge in [-0.1, -0.05) is 6.07 Å². The van der Waals surface area contributed by atoms with Crippen LogP contribution < -0.4 is 4.74 Å². The number of ether oxygens (including phenoxy) is 1. The summed E-state index contributed by atoms with van der Waals surface area (Å²) >= 11 is 3.25. The fraction of sp³-hybridized carbons (Fsp3) is 0.389. The molecule has 0 aliphatic carbocycles. The first kappa shape index (κ1) is 18.7. The molecule has 2 aromatic rings. The molecule has 26 heavy (non-hydrogen) atoms. The van der Waals surface area contributed by atoms with Crippen LogP contribution in [0.3, 0.4) is 0 Å². The summed E-state index contributed by atoms with van der Waals surface area (Å²) < 4.78 is 5.75. The molecule has 1 unspecified atom stereocenters. The highest BCUT2D eigenvalue weighted by molar-refractivity contribution is 7.99. The Bertz CT molecular complexity index is 793. The van der Waals surface area contributed by atoms with E-state index in [1.165, 1.54) is 0 Å². The van der Waals surface area contributed by atoms with Gasteiger partial charge in [0.2, 0.25) is 0 Å². The van der Waals surface area contributed by atoms with Crippen LogP contribution in [0.1, 0.15) is 27.5 Å². The number of carboxylic acid groups (broad SMARTS) is 1. The van der Waals surface area contributed by atoms with E-state index in [9.17, 15) is 9.59 Å². The first-order valence-corrected chi connectivity index (χ1v) is 10.3. The van der Waals surface area contributed by atoms with Crippen LogP contribution in [0.5, 0.6) is 5.75 Å². The fourth-order valence-electron chi connectivity index (χ4n) is 2.81. The summed E-state index contributed by atoms with van der Waals surface area (Å²) in [7, 11) is 0. The summed E-state index contributed by atoms with van der Waals surface area (Å²) in [5, 5.41) is 12.0. The molecule has 138 valence electrons. The number of aliphatic carboxylic acids is 1. The van der Waals surface area contributed by atoms with Crippen LogP contribution in [-0.2, 0) is 11.4 Å². The Morgan fingerprint density at radius 1 is 1.42 bits per heavy atom. The molecule has 3 rings (SSSR count). The first-order chi connectivity index (χ1) is 12.5. The molecule has 1 fully saturated rings. The molecule has 1 aliphatic heterocycles. The number of aromatic nitrogens is 1. The molecule has 1 aromatic carbocycles. The predicted molar refractivity (Wildman–Crippen MR) is 102 cm³/mol. The van der Waals surface area contributed by atoms with E-state index in [1.807, 2.05) is 12.3 Å². The van der Waals surface area contributed by atoms with E-state index in [2.05, 4.69) is 4.98 Å². The lowest BCUT2D eigenvalue weighted by atomic mass is 10.1. The van der Waals surface area contributed by atoms with E-state index in [-0.39, 0.29) is 18.4 Å². The molecule has 1 saturated heterocycles. The van der Waals surface area contributed by atoms with Crippen LogP contribution in [-0.4, -0.2) is 51.0 Å². The molecule has 1 aromatic heterocycles. The van der Waals surface area contributed by atoms with Crippen molar-refractivity contribution in [3.8, 4) is 5.75 Å². The largest absolute Gasteiger partial charge is 0.487 e. The van der Waals surface area contributed by atoms with Gasteiger partial charge in [-0.25, -0.2) is 4.98 Å². The molecule has 1 amide bonds. The van der Waals surface area contributed by atoms with Crippen LogP contribution in [0.25, 0.3) is 0 Å². The van der Waals surface area contributed by atoms with Gasteiger partial charge in [-0.15, -0.1) is 11.3 Å². The molecule has 0 radical (unpaired) electrons. The number of hydrogen-bond donors (Lipinski definition) is 1. The van der Waals surface area contributed by atoms with Crippen LogP contribution in [0.15, 0.2) is 29.6 Å². The SMILES string of the molecule is Cc1nc(COc2cccc(C(=O)N3CCSCC3CC(=O)O)c2)cs1. The Kier molecular flexibility index (Phi) is 6.16. The number of carbonyl (C=O) groups is 2. The number of carboxylic acids is 1. The third-order valence-corrected chi connectivity index (χ3v) is 5.95. The number of benzene rings is 1. The predicted octanol–water partition coefficient (Wildman–Crippen LogP) is 3.06. The standard InChI is InChI=1S/C18H20N2O4S2/c1-12-19-14(10-26-12)9-24-16-4-2-3-13(7-16)18(23)20-5-6-25-11-15(20)8-17(21)22/h2-4,7,10,15H,5-6,8-9,11H2,1H3,(H,21,22). The van der Waals surface area contributed by atoms with Gasteiger partial charge in [0.1, 0.15) is 12.4 Å². The van der Waals surface area contributed by atoms with E-state index in [1.54, 1.807) is 52.3 Å². The number of thiazole rings is 1.